The molecular weight excluding hydrogens is 344 g/mol. The van der Waals surface area contributed by atoms with E-state index in [9.17, 15) is 20.2 Å². The number of nitro benzene ring substituents is 1. The largest absolute Gasteiger partial charge is 0.435 e. The first-order valence-electron chi connectivity index (χ1n) is 7.52. The Morgan fingerprint density at radius 1 is 1.04 bits per heavy atom. The first-order chi connectivity index (χ1) is 12.5. The molecule has 1 aliphatic heterocycles. The number of hydrogen-bond donors (Lipinski definition) is 0. The molecule has 0 N–H and O–H groups in total. The van der Waals surface area contributed by atoms with Gasteiger partial charge >= 0.3 is 6.04 Å². The predicted octanol–water partition coefficient (Wildman–Crippen LogP) is 2.86. The van der Waals surface area contributed by atoms with Crippen molar-refractivity contribution < 1.29 is 19.1 Å². The minimum atomic E-state index is -1.40. The Labute approximate surface area is 145 Å². The van der Waals surface area contributed by atoms with Gasteiger partial charge in [0.05, 0.1) is 4.92 Å². The normalized spacial score (nSPS) is 19.2. The highest BCUT2D eigenvalue weighted by molar-refractivity contribution is 6.02. The zero-order chi connectivity index (χ0) is 18.3. The van der Waals surface area contributed by atoms with Crippen molar-refractivity contribution in [3.05, 3.63) is 80.2 Å². The average molecular weight is 354 g/mol. The lowest BCUT2D eigenvalue weighted by Gasteiger charge is -2.11. The maximum atomic E-state index is 11.6. The lowest BCUT2D eigenvalue weighted by atomic mass is 9.99. The van der Waals surface area contributed by atoms with E-state index in [4.69, 9.17) is 9.25 Å². The standard InChI is InChI=1S/C16H10N4O6/c21-19(22)10-5-3-4-9(8-10)15-14(20(23)24)13(18-26-15)16-17-11-6-1-2-7-12(11)25-16/h1-8,14-15H. The highest BCUT2D eigenvalue weighted by Crippen LogP contribution is 2.33. The zero-order valence-corrected chi connectivity index (χ0v) is 13.0. The summed E-state index contributed by atoms with van der Waals surface area (Å²) in [4.78, 5) is 30.9. The van der Waals surface area contributed by atoms with Gasteiger partial charge in [-0.1, -0.05) is 29.4 Å². The van der Waals surface area contributed by atoms with Crippen LogP contribution >= 0.6 is 0 Å². The van der Waals surface area contributed by atoms with Crippen molar-refractivity contribution >= 4 is 22.5 Å². The summed E-state index contributed by atoms with van der Waals surface area (Å²) in [7, 11) is 0. The van der Waals surface area contributed by atoms with Crippen molar-refractivity contribution in [1.29, 1.82) is 0 Å². The summed E-state index contributed by atoms with van der Waals surface area (Å²) in [6.07, 6.45) is -1.12. The summed E-state index contributed by atoms with van der Waals surface area (Å²) in [5.41, 5.74) is 1.01. The molecule has 10 nitrogen and oxygen atoms in total. The molecule has 130 valence electrons. The van der Waals surface area contributed by atoms with Crippen LogP contribution in [0.2, 0.25) is 0 Å². The lowest BCUT2D eigenvalue weighted by Crippen LogP contribution is -2.32. The van der Waals surface area contributed by atoms with Crippen LogP contribution in [0.4, 0.5) is 5.69 Å². The van der Waals surface area contributed by atoms with Gasteiger partial charge < -0.3 is 9.25 Å². The first kappa shape index (κ1) is 15.7. The van der Waals surface area contributed by atoms with Crippen molar-refractivity contribution in [2.45, 2.75) is 12.1 Å². The van der Waals surface area contributed by atoms with E-state index in [1.807, 2.05) is 0 Å². The fraction of sp³-hybridized carbons (Fsp3) is 0.125. The van der Waals surface area contributed by atoms with Crippen LogP contribution in [-0.4, -0.2) is 26.6 Å². The Balaban J connectivity index is 1.73. The molecule has 1 aromatic heterocycles. The summed E-state index contributed by atoms with van der Waals surface area (Å²) < 4.78 is 5.54. The van der Waals surface area contributed by atoms with E-state index in [0.29, 0.717) is 11.1 Å². The van der Waals surface area contributed by atoms with E-state index in [0.717, 1.165) is 0 Å². The van der Waals surface area contributed by atoms with Crippen LogP contribution in [0.25, 0.3) is 11.1 Å². The van der Waals surface area contributed by atoms with Crippen LogP contribution in [-0.2, 0) is 4.84 Å². The van der Waals surface area contributed by atoms with Crippen LogP contribution in [0.15, 0.2) is 58.1 Å². The monoisotopic (exact) mass is 354 g/mol. The van der Waals surface area contributed by atoms with E-state index < -0.39 is 22.0 Å². The van der Waals surface area contributed by atoms with Gasteiger partial charge in [0.1, 0.15) is 5.52 Å². The number of nitrogens with zero attached hydrogens (tertiary/aromatic N) is 4. The molecule has 10 heteroatoms. The Kier molecular flexibility index (Phi) is 3.57. The topological polar surface area (TPSA) is 134 Å². The van der Waals surface area contributed by atoms with E-state index in [1.54, 1.807) is 24.3 Å². The fourth-order valence-electron chi connectivity index (χ4n) is 2.78. The van der Waals surface area contributed by atoms with Gasteiger partial charge in [0, 0.05) is 22.6 Å². The summed E-state index contributed by atoms with van der Waals surface area (Å²) in [5, 5.41) is 26.4. The molecular formula is C16H10N4O6. The molecule has 2 atom stereocenters. The van der Waals surface area contributed by atoms with Gasteiger partial charge in [-0.25, -0.2) is 4.98 Å². The Hall–Kier alpha value is -3.82. The van der Waals surface area contributed by atoms with Crippen molar-refractivity contribution in [3.8, 4) is 0 Å². The van der Waals surface area contributed by atoms with Gasteiger partial charge in [-0.05, 0) is 12.1 Å². The minimum absolute atomic E-state index is 0.0131. The Bertz CT molecular complexity index is 1030. The number of nitro groups is 2. The van der Waals surface area contributed by atoms with Gasteiger partial charge in [-0.2, -0.15) is 0 Å². The number of non-ortho nitro benzene ring substituents is 1. The molecule has 0 bridgehead atoms. The van der Waals surface area contributed by atoms with Crippen LogP contribution in [0.5, 0.6) is 0 Å². The molecule has 2 heterocycles. The van der Waals surface area contributed by atoms with Gasteiger partial charge in [-0.3, -0.25) is 20.2 Å². The van der Waals surface area contributed by atoms with Crippen molar-refractivity contribution in [3.63, 3.8) is 0 Å². The molecule has 4 rings (SSSR count). The third-order valence-electron chi connectivity index (χ3n) is 3.98. The highest BCUT2D eigenvalue weighted by Gasteiger charge is 2.48. The summed E-state index contributed by atoms with van der Waals surface area (Å²) >= 11 is 0. The molecule has 2 unspecified atom stereocenters. The first-order valence-corrected chi connectivity index (χ1v) is 7.52. The molecule has 0 spiro atoms. The molecule has 3 aromatic rings. The quantitative estimate of drug-likeness (QED) is 0.519. The smallest absolute Gasteiger partial charge is 0.306 e. The van der Waals surface area contributed by atoms with Gasteiger partial charge in [0.2, 0.25) is 11.8 Å². The van der Waals surface area contributed by atoms with E-state index in [-0.39, 0.29) is 22.9 Å². The van der Waals surface area contributed by atoms with Crippen molar-refractivity contribution in [2.24, 2.45) is 5.16 Å². The maximum Gasteiger partial charge on any atom is 0.306 e. The Morgan fingerprint density at radius 3 is 2.58 bits per heavy atom. The zero-order valence-electron chi connectivity index (χ0n) is 13.0. The lowest BCUT2D eigenvalue weighted by molar-refractivity contribution is -0.512. The number of aromatic nitrogens is 1. The second-order valence-electron chi connectivity index (χ2n) is 5.57. The number of para-hydroxylation sites is 2. The molecule has 26 heavy (non-hydrogen) atoms. The SMILES string of the molecule is O=[N+]([O-])c1cccc(C2ON=C(c3nc4ccccc4o3)C2[N+](=O)[O-])c1. The van der Waals surface area contributed by atoms with E-state index >= 15 is 0 Å². The van der Waals surface area contributed by atoms with Gasteiger partial charge in [-0.15, -0.1) is 0 Å². The minimum Gasteiger partial charge on any atom is -0.435 e. The van der Waals surface area contributed by atoms with Crippen molar-refractivity contribution in [1.82, 2.24) is 4.98 Å². The second-order valence-corrected chi connectivity index (χ2v) is 5.57. The predicted molar refractivity (Wildman–Crippen MR) is 88.3 cm³/mol. The molecule has 0 aliphatic carbocycles. The number of oxazole rings is 1. The van der Waals surface area contributed by atoms with Crippen LogP contribution in [0.3, 0.4) is 0 Å². The molecule has 0 fully saturated rings. The number of oxime groups is 1. The van der Waals surface area contributed by atoms with Crippen molar-refractivity contribution in [2.75, 3.05) is 0 Å². The molecule has 0 saturated heterocycles. The molecule has 0 saturated carbocycles. The van der Waals surface area contributed by atoms with Crippen LogP contribution in [0.1, 0.15) is 17.6 Å². The molecule has 0 amide bonds. The Morgan fingerprint density at radius 2 is 1.85 bits per heavy atom. The average Bonchev–Trinajstić information content (AvgIpc) is 3.25. The van der Waals surface area contributed by atoms with E-state index in [2.05, 4.69) is 10.1 Å². The number of benzene rings is 2. The maximum absolute atomic E-state index is 11.6. The van der Waals surface area contributed by atoms with Gasteiger partial charge in [0.15, 0.2) is 5.58 Å². The second kappa shape index (κ2) is 5.92. The van der Waals surface area contributed by atoms with E-state index in [1.165, 1.54) is 24.3 Å². The fourth-order valence-corrected chi connectivity index (χ4v) is 2.78. The number of rotatable bonds is 4. The molecule has 1 aliphatic rings. The molecule has 0 radical (unpaired) electrons. The number of hydrogen-bond acceptors (Lipinski definition) is 8. The summed E-state index contributed by atoms with van der Waals surface area (Å²) in [6, 6.07) is 11.0. The number of fused-ring (bicyclic) bond motifs is 1. The van der Waals surface area contributed by atoms with Crippen LogP contribution in [0, 0.1) is 20.2 Å². The highest BCUT2D eigenvalue weighted by atomic mass is 16.7. The van der Waals surface area contributed by atoms with Crippen LogP contribution < -0.4 is 0 Å². The molecule has 2 aromatic carbocycles. The third kappa shape index (κ3) is 2.53. The van der Waals surface area contributed by atoms with Gasteiger partial charge in [0.25, 0.3) is 11.6 Å². The summed E-state index contributed by atoms with van der Waals surface area (Å²) in [5.74, 6) is -0.0131. The third-order valence-corrected chi connectivity index (χ3v) is 3.98. The summed E-state index contributed by atoms with van der Waals surface area (Å²) in [6.45, 7) is 0.